The maximum Gasteiger partial charge on any atom is 0.320 e. The zero-order chi connectivity index (χ0) is 15.6. The Morgan fingerprint density at radius 1 is 1.10 bits per heavy atom. The summed E-state index contributed by atoms with van der Waals surface area (Å²) in [5, 5.41) is 9.04. The monoisotopic (exact) mass is 297 g/mol. The van der Waals surface area contributed by atoms with Crippen LogP contribution < -0.4 is 0 Å². The van der Waals surface area contributed by atoms with E-state index < -0.39 is 12.0 Å². The van der Waals surface area contributed by atoms with Crippen molar-refractivity contribution >= 4 is 12.0 Å². The Morgan fingerprint density at radius 3 is 2.24 bits per heavy atom. The number of piperazine rings is 1. The van der Waals surface area contributed by atoms with Gasteiger partial charge in [-0.25, -0.2) is 4.79 Å². The lowest BCUT2D eigenvalue weighted by molar-refractivity contribution is -0.143. The molecule has 6 heteroatoms. The highest BCUT2D eigenvalue weighted by molar-refractivity contribution is 5.75. The molecule has 0 aromatic rings. The molecule has 0 aromatic carbocycles. The Hall–Kier alpha value is -1.30. The van der Waals surface area contributed by atoms with Crippen LogP contribution in [0.1, 0.15) is 33.6 Å². The molecular formula is C15H27N3O3. The third kappa shape index (κ3) is 3.67. The standard InChI is InChI=1S/C15H27N3O3/c1-11-4-5-18(12(2)10-11)15(21)17-8-6-16(7-9-17)13(3)14(19)20/h11-13H,4-10H2,1-3H3,(H,19,20). The molecule has 2 aliphatic rings. The fraction of sp³-hybridized carbons (Fsp3) is 0.867. The first-order valence-corrected chi connectivity index (χ1v) is 7.92. The molecule has 1 N–H and O–H groups in total. The quantitative estimate of drug-likeness (QED) is 0.835. The van der Waals surface area contributed by atoms with Crippen LogP contribution >= 0.6 is 0 Å². The Morgan fingerprint density at radius 2 is 1.71 bits per heavy atom. The zero-order valence-corrected chi connectivity index (χ0v) is 13.3. The van der Waals surface area contributed by atoms with Crippen LogP contribution in [0.25, 0.3) is 0 Å². The van der Waals surface area contributed by atoms with Crippen LogP contribution in [-0.2, 0) is 4.79 Å². The minimum atomic E-state index is -0.798. The van der Waals surface area contributed by atoms with E-state index >= 15 is 0 Å². The van der Waals surface area contributed by atoms with Crippen LogP contribution in [-0.4, -0.2) is 76.6 Å². The van der Waals surface area contributed by atoms with Gasteiger partial charge in [-0.05, 0) is 32.6 Å². The summed E-state index contributed by atoms with van der Waals surface area (Å²) in [5.41, 5.74) is 0. The number of piperidine rings is 1. The molecule has 2 aliphatic heterocycles. The van der Waals surface area contributed by atoms with Gasteiger partial charge in [0.15, 0.2) is 0 Å². The lowest BCUT2D eigenvalue weighted by Gasteiger charge is -2.42. The highest BCUT2D eigenvalue weighted by Crippen LogP contribution is 2.23. The molecular weight excluding hydrogens is 270 g/mol. The number of hydrogen-bond acceptors (Lipinski definition) is 3. The van der Waals surface area contributed by atoms with Gasteiger partial charge < -0.3 is 14.9 Å². The number of carbonyl (C=O) groups excluding carboxylic acids is 1. The Labute approximate surface area is 126 Å². The van der Waals surface area contributed by atoms with E-state index in [0.717, 1.165) is 19.4 Å². The first-order chi connectivity index (χ1) is 9.90. The molecule has 0 aliphatic carbocycles. The molecule has 2 heterocycles. The second kappa shape index (κ2) is 6.64. The van der Waals surface area contributed by atoms with Crippen LogP contribution in [0.5, 0.6) is 0 Å². The summed E-state index contributed by atoms with van der Waals surface area (Å²) >= 11 is 0. The minimum Gasteiger partial charge on any atom is -0.480 e. The van der Waals surface area contributed by atoms with Gasteiger partial charge in [-0.2, -0.15) is 0 Å². The zero-order valence-electron chi connectivity index (χ0n) is 13.3. The van der Waals surface area contributed by atoms with Crippen LogP contribution in [0.15, 0.2) is 0 Å². The summed E-state index contributed by atoms with van der Waals surface area (Å²) < 4.78 is 0. The number of urea groups is 1. The van der Waals surface area contributed by atoms with E-state index in [1.165, 1.54) is 0 Å². The van der Waals surface area contributed by atoms with Crippen LogP contribution in [0, 0.1) is 5.92 Å². The minimum absolute atomic E-state index is 0.122. The predicted molar refractivity (Wildman–Crippen MR) is 80.2 cm³/mol. The van der Waals surface area contributed by atoms with E-state index in [4.69, 9.17) is 5.11 Å². The molecule has 0 spiro atoms. The van der Waals surface area contributed by atoms with Crippen molar-refractivity contribution < 1.29 is 14.7 Å². The molecule has 2 saturated heterocycles. The lowest BCUT2D eigenvalue weighted by Crippen LogP contribution is -2.57. The van der Waals surface area contributed by atoms with Gasteiger partial charge in [0.05, 0.1) is 0 Å². The molecule has 2 fully saturated rings. The molecule has 0 bridgehead atoms. The van der Waals surface area contributed by atoms with E-state index in [1.54, 1.807) is 6.92 Å². The fourth-order valence-electron chi connectivity index (χ4n) is 3.33. The molecule has 2 amide bonds. The van der Waals surface area contributed by atoms with Crippen molar-refractivity contribution in [2.75, 3.05) is 32.7 Å². The van der Waals surface area contributed by atoms with Gasteiger partial charge in [0.2, 0.25) is 0 Å². The number of amides is 2. The second-order valence-electron chi connectivity index (χ2n) is 6.49. The maximum absolute atomic E-state index is 12.6. The van der Waals surface area contributed by atoms with Crippen molar-refractivity contribution in [2.24, 2.45) is 5.92 Å². The summed E-state index contributed by atoms with van der Waals surface area (Å²) in [5.74, 6) is -0.106. The van der Waals surface area contributed by atoms with Crippen molar-refractivity contribution in [1.29, 1.82) is 0 Å². The predicted octanol–water partition coefficient (Wildman–Crippen LogP) is 1.32. The normalized spacial score (nSPS) is 29.3. The number of rotatable bonds is 2. The molecule has 21 heavy (non-hydrogen) atoms. The topological polar surface area (TPSA) is 64.1 Å². The van der Waals surface area contributed by atoms with Gasteiger partial charge in [-0.15, -0.1) is 0 Å². The third-order valence-electron chi connectivity index (χ3n) is 4.87. The highest BCUT2D eigenvalue weighted by atomic mass is 16.4. The number of nitrogens with zero attached hydrogens (tertiary/aromatic N) is 3. The largest absolute Gasteiger partial charge is 0.480 e. The molecule has 0 aromatic heterocycles. The first-order valence-electron chi connectivity index (χ1n) is 7.92. The van der Waals surface area contributed by atoms with Crippen LogP contribution in [0.3, 0.4) is 0 Å². The summed E-state index contributed by atoms with van der Waals surface area (Å²) in [6.45, 7) is 9.42. The number of carbonyl (C=O) groups is 2. The van der Waals surface area contributed by atoms with E-state index in [1.807, 2.05) is 14.7 Å². The summed E-state index contributed by atoms with van der Waals surface area (Å²) in [6.07, 6.45) is 2.15. The Balaban J connectivity index is 1.87. The number of carboxylic acids is 1. The average Bonchev–Trinajstić information content (AvgIpc) is 2.46. The summed E-state index contributed by atoms with van der Waals surface area (Å²) in [4.78, 5) is 29.4. The van der Waals surface area contributed by atoms with Crippen LogP contribution in [0.2, 0.25) is 0 Å². The van der Waals surface area contributed by atoms with E-state index in [-0.39, 0.29) is 6.03 Å². The maximum atomic E-state index is 12.6. The van der Waals surface area contributed by atoms with Crippen molar-refractivity contribution in [2.45, 2.75) is 45.7 Å². The second-order valence-corrected chi connectivity index (χ2v) is 6.49. The van der Waals surface area contributed by atoms with E-state index in [9.17, 15) is 9.59 Å². The van der Waals surface area contributed by atoms with Crippen molar-refractivity contribution in [3.05, 3.63) is 0 Å². The third-order valence-corrected chi connectivity index (χ3v) is 4.87. The smallest absolute Gasteiger partial charge is 0.320 e. The Bertz CT molecular complexity index is 394. The number of hydrogen-bond donors (Lipinski definition) is 1. The van der Waals surface area contributed by atoms with Gasteiger partial charge in [-0.1, -0.05) is 6.92 Å². The average molecular weight is 297 g/mol. The molecule has 0 radical (unpaired) electrons. The van der Waals surface area contributed by atoms with E-state index in [0.29, 0.717) is 38.1 Å². The number of carboxylic acid groups (broad SMARTS) is 1. The summed E-state index contributed by atoms with van der Waals surface area (Å²) in [7, 11) is 0. The van der Waals surface area contributed by atoms with Gasteiger partial charge >= 0.3 is 12.0 Å². The van der Waals surface area contributed by atoms with Crippen molar-refractivity contribution in [1.82, 2.24) is 14.7 Å². The molecule has 2 rings (SSSR count). The van der Waals surface area contributed by atoms with E-state index in [2.05, 4.69) is 13.8 Å². The summed E-state index contributed by atoms with van der Waals surface area (Å²) in [6, 6.07) is -0.0498. The number of aliphatic carboxylic acids is 1. The first kappa shape index (κ1) is 16.1. The molecule has 3 unspecified atom stereocenters. The van der Waals surface area contributed by atoms with Gasteiger partial charge in [0.25, 0.3) is 0 Å². The molecule has 6 nitrogen and oxygen atoms in total. The van der Waals surface area contributed by atoms with Crippen molar-refractivity contribution in [3.8, 4) is 0 Å². The van der Waals surface area contributed by atoms with Gasteiger partial charge in [0, 0.05) is 38.8 Å². The highest BCUT2D eigenvalue weighted by Gasteiger charge is 2.32. The molecule has 0 saturated carbocycles. The SMILES string of the molecule is CC1CCN(C(=O)N2CCN(C(C)C(=O)O)CC2)C(C)C1. The molecule has 3 atom stereocenters. The van der Waals surface area contributed by atoms with Gasteiger partial charge in [0.1, 0.15) is 6.04 Å². The fourth-order valence-corrected chi connectivity index (χ4v) is 3.33. The van der Waals surface area contributed by atoms with Gasteiger partial charge in [-0.3, -0.25) is 9.69 Å². The van der Waals surface area contributed by atoms with Crippen molar-refractivity contribution in [3.63, 3.8) is 0 Å². The Kier molecular flexibility index (Phi) is 5.08. The van der Waals surface area contributed by atoms with Crippen LogP contribution in [0.4, 0.5) is 4.79 Å². The number of likely N-dealkylation sites (tertiary alicyclic amines) is 1. The molecule has 120 valence electrons. The lowest BCUT2D eigenvalue weighted by atomic mass is 9.94.